The highest BCUT2D eigenvalue weighted by Crippen LogP contribution is 2.26. The molecule has 0 aromatic heterocycles. The first-order valence-corrected chi connectivity index (χ1v) is 31.6. The van der Waals surface area contributed by atoms with Gasteiger partial charge in [-0.2, -0.15) is 0 Å². The number of esters is 3. The number of hydrogen-bond donors (Lipinski definition) is 3. The summed E-state index contributed by atoms with van der Waals surface area (Å²) in [6.45, 7) is 5.77. The van der Waals surface area contributed by atoms with Gasteiger partial charge in [-0.15, -0.1) is 0 Å². The molecule has 1 fully saturated rings. The summed E-state index contributed by atoms with van der Waals surface area (Å²) in [7, 11) is 0. The second kappa shape index (κ2) is 54.5. The van der Waals surface area contributed by atoms with Crippen LogP contribution < -0.4 is 0 Å². The zero-order valence-corrected chi connectivity index (χ0v) is 49.8. The molecule has 79 heavy (non-hydrogen) atoms. The van der Waals surface area contributed by atoms with E-state index in [1.165, 1.54) is 64.2 Å². The van der Waals surface area contributed by atoms with Crippen LogP contribution in [0.25, 0.3) is 0 Å². The maximum Gasteiger partial charge on any atom is 0.335 e. The summed E-state index contributed by atoms with van der Waals surface area (Å²) in [4.78, 5) is 51.3. The molecule has 1 aliphatic rings. The Morgan fingerprint density at radius 1 is 0.430 bits per heavy atom. The smallest absolute Gasteiger partial charge is 0.335 e. The molecule has 0 bridgehead atoms. The van der Waals surface area contributed by atoms with Crippen LogP contribution in [0.2, 0.25) is 0 Å². The van der Waals surface area contributed by atoms with E-state index in [1.54, 1.807) is 0 Å². The summed E-state index contributed by atoms with van der Waals surface area (Å²) in [5, 5.41) is 31.5. The molecule has 12 heteroatoms. The molecule has 6 atom stereocenters. The number of carbonyl (C=O) groups excluding carboxylic acids is 3. The van der Waals surface area contributed by atoms with Crippen LogP contribution in [0.4, 0.5) is 0 Å². The molecule has 1 aliphatic heterocycles. The number of carbonyl (C=O) groups is 4. The third-order valence-corrected chi connectivity index (χ3v) is 13.9. The third kappa shape index (κ3) is 44.3. The van der Waals surface area contributed by atoms with Crippen LogP contribution in [0.5, 0.6) is 0 Å². The standard InChI is InChI=1S/C67H112O12/c1-4-7-10-13-16-19-22-25-28-30-33-35-38-41-44-47-50-53-59(68)75-56-58(77-60(69)54-51-48-45-42-39-37-34-31-29-26-23-20-17-14-11-8-5-2)57-76-67-65(63(72)62(71)64(79-67)66(73)74)78-61(70)55-52-49-46-43-40-36-32-27-24-21-18-15-12-9-6-3/h7,9-10,12,16,18-19,21,25-29,32,58,62-65,67,71-72H,4-6,8,11,13-15,17,20,22-24,30-31,33-57H2,1-3H3,(H,73,74)/b10-7-,12-9-,19-16-,21-18-,28-25-,29-26-,32-27-. The number of unbranched alkanes of at least 4 members (excludes halogenated alkanes) is 25. The number of aliphatic carboxylic acids is 1. The Balaban J connectivity index is 2.69. The van der Waals surface area contributed by atoms with Crippen molar-refractivity contribution >= 4 is 23.9 Å². The number of hydrogen-bond acceptors (Lipinski definition) is 11. The van der Waals surface area contributed by atoms with Crippen molar-refractivity contribution in [2.24, 2.45) is 0 Å². The Morgan fingerprint density at radius 2 is 0.797 bits per heavy atom. The topological polar surface area (TPSA) is 175 Å². The largest absolute Gasteiger partial charge is 0.479 e. The van der Waals surface area contributed by atoms with Gasteiger partial charge in [-0.3, -0.25) is 14.4 Å². The first-order chi connectivity index (χ1) is 38.6. The van der Waals surface area contributed by atoms with E-state index in [9.17, 15) is 34.5 Å². The number of ether oxygens (including phenoxy) is 5. The minimum atomic E-state index is -1.91. The van der Waals surface area contributed by atoms with Gasteiger partial charge < -0.3 is 39.0 Å². The van der Waals surface area contributed by atoms with Crippen molar-refractivity contribution in [2.75, 3.05) is 13.2 Å². The molecule has 0 radical (unpaired) electrons. The van der Waals surface area contributed by atoms with Crippen molar-refractivity contribution in [1.82, 2.24) is 0 Å². The van der Waals surface area contributed by atoms with E-state index in [-0.39, 0.29) is 25.9 Å². The lowest BCUT2D eigenvalue weighted by atomic mass is 9.98. The molecule has 3 N–H and O–H groups in total. The van der Waals surface area contributed by atoms with Crippen molar-refractivity contribution < 1.29 is 58.2 Å². The number of carboxylic acid groups (broad SMARTS) is 1. The highest BCUT2D eigenvalue weighted by molar-refractivity contribution is 5.74. The summed E-state index contributed by atoms with van der Waals surface area (Å²) < 4.78 is 28.5. The molecule has 12 nitrogen and oxygen atoms in total. The van der Waals surface area contributed by atoms with E-state index in [1.807, 2.05) is 0 Å². The SMILES string of the molecule is CC/C=C\C/C=C\C/C=C\CCCCCCCCCC(=O)OCC(COC1OC(C(=O)O)C(O)C(O)C1OC(=O)CCCCCCC/C=C\C/C=C\C/C=C\CC)OC(=O)CCCCCCCCC/C=C\CCCCCCCC. The quantitative estimate of drug-likeness (QED) is 0.0228. The summed E-state index contributed by atoms with van der Waals surface area (Å²) in [6.07, 6.45) is 58.2. The van der Waals surface area contributed by atoms with Crippen LogP contribution in [0.15, 0.2) is 85.1 Å². The second-order valence-electron chi connectivity index (χ2n) is 21.3. The average Bonchev–Trinajstić information content (AvgIpc) is 3.46. The summed E-state index contributed by atoms with van der Waals surface area (Å²) >= 11 is 0. The van der Waals surface area contributed by atoms with Crippen LogP contribution in [-0.2, 0) is 42.9 Å². The predicted octanol–water partition coefficient (Wildman–Crippen LogP) is 16.7. The van der Waals surface area contributed by atoms with E-state index >= 15 is 0 Å². The minimum absolute atomic E-state index is 0.0372. The summed E-state index contributed by atoms with van der Waals surface area (Å²) in [5.74, 6) is -3.15. The van der Waals surface area contributed by atoms with Gasteiger partial charge in [0.25, 0.3) is 0 Å². The lowest BCUT2D eigenvalue weighted by Gasteiger charge is -2.40. The fraction of sp³-hybridized carbons (Fsp3) is 0.731. The predicted molar refractivity (Wildman–Crippen MR) is 321 cm³/mol. The van der Waals surface area contributed by atoms with Crippen molar-refractivity contribution in [3.05, 3.63) is 85.1 Å². The minimum Gasteiger partial charge on any atom is -0.479 e. The van der Waals surface area contributed by atoms with Crippen molar-refractivity contribution in [2.45, 2.75) is 302 Å². The Kier molecular flexibility index (Phi) is 50.3. The van der Waals surface area contributed by atoms with Gasteiger partial charge in [0.15, 0.2) is 24.6 Å². The van der Waals surface area contributed by atoms with Crippen LogP contribution in [0, 0.1) is 0 Å². The number of aliphatic hydroxyl groups is 2. The molecular formula is C67H112O12. The van der Waals surface area contributed by atoms with Gasteiger partial charge in [0.2, 0.25) is 0 Å². The van der Waals surface area contributed by atoms with Gasteiger partial charge >= 0.3 is 23.9 Å². The van der Waals surface area contributed by atoms with Crippen LogP contribution in [-0.4, -0.2) is 89.2 Å². The van der Waals surface area contributed by atoms with Gasteiger partial charge in [0, 0.05) is 19.3 Å². The highest BCUT2D eigenvalue weighted by atomic mass is 16.7. The van der Waals surface area contributed by atoms with Crippen molar-refractivity contribution in [1.29, 1.82) is 0 Å². The first-order valence-electron chi connectivity index (χ1n) is 31.6. The Hall–Kier alpha value is -4.10. The Bertz CT molecular complexity index is 1700. The molecule has 0 aromatic carbocycles. The molecular weight excluding hydrogens is 997 g/mol. The van der Waals surface area contributed by atoms with Crippen LogP contribution in [0.1, 0.15) is 265 Å². The van der Waals surface area contributed by atoms with Crippen LogP contribution >= 0.6 is 0 Å². The molecule has 1 saturated heterocycles. The van der Waals surface area contributed by atoms with Gasteiger partial charge in [0.05, 0.1) is 6.61 Å². The molecule has 452 valence electrons. The molecule has 6 unspecified atom stereocenters. The van der Waals surface area contributed by atoms with E-state index in [4.69, 9.17) is 23.7 Å². The van der Waals surface area contributed by atoms with Gasteiger partial charge in [-0.1, -0.05) is 221 Å². The first kappa shape index (κ1) is 72.9. The highest BCUT2D eigenvalue weighted by Gasteiger charge is 2.50. The average molecular weight is 1110 g/mol. The molecule has 1 rings (SSSR count). The number of allylic oxidation sites excluding steroid dienone is 14. The maximum absolute atomic E-state index is 13.2. The fourth-order valence-electron chi connectivity index (χ4n) is 9.16. The van der Waals surface area contributed by atoms with E-state index < -0.39 is 67.3 Å². The summed E-state index contributed by atoms with van der Waals surface area (Å²) in [6, 6.07) is 0. The maximum atomic E-state index is 13.2. The molecule has 0 aromatic rings. The molecule has 0 aliphatic carbocycles. The lowest BCUT2D eigenvalue weighted by molar-refractivity contribution is -0.301. The molecule has 1 heterocycles. The molecule has 0 saturated carbocycles. The zero-order chi connectivity index (χ0) is 57.5. The second-order valence-corrected chi connectivity index (χ2v) is 21.3. The van der Waals surface area contributed by atoms with E-state index in [0.717, 1.165) is 141 Å². The third-order valence-electron chi connectivity index (χ3n) is 13.9. The normalized spacial score (nSPS) is 18.4. The Labute approximate surface area is 480 Å². The van der Waals surface area contributed by atoms with E-state index in [2.05, 4.69) is 106 Å². The molecule has 0 spiro atoms. The number of carboxylic acids is 1. The van der Waals surface area contributed by atoms with Crippen molar-refractivity contribution in [3.8, 4) is 0 Å². The fourth-order valence-corrected chi connectivity index (χ4v) is 9.16. The monoisotopic (exact) mass is 1110 g/mol. The Morgan fingerprint density at radius 3 is 1.23 bits per heavy atom. The number of rotatable bonds is 53. The zero-order valence-electron chi connectivity index (χ0n) is 49.8. The molecule has 0 amide bonds. The van der Waals surface area contributed by atoms with E-state index in [0.29, 0.717) is 19.3 Å². The van der Waals surface area contributed by atoms with Gasteiger partial charge in [-0.25, -0.2) is 4.79 Å². The van der Waals surface area contributed by atoms with Crippen molar-refractivity contribution in [3.63, 3.8) is 0 Å². The number of aliphatic hydroxyl groups excluding tert-OH is 2. The summed E-state index contributed by atoms with van der Waals surface area (Å²) in [5.41, 5.74) is 0. The van der Waals surface area contributed by atoms with Gasteiger partial charge in [-0.05, 0) is 109 Å². The van der Waals surface area contributed by atoms with Crippen LogP contribution in [0.3, 0.4) is 0 Å². The lowest BCUT2D eigenvalue weighted by Crippen LogP contribution is -2.61. The van der Waals surface area contributed by atoms with Gasteiger partial charge in [0.1, 0.15) is 18.8 Å².